The SMILES string of the molecule is COc1ccc2[nH]c3c(c2n1)CCN(C(=O)Cc1cc(C)cc(C)c1)C3c1cccc(F)c1. The summed E-state index contributed by atoms with van der Waals surface area (Å²) in [7, 11) is 1.59. The normalized spacial score (nSPS) is 15.5. The molecular formula is C27H26FN3O2. The topological polar surface area (TPSA) is 58.2 Å². The lowest BCUT2D eigenvalue weighted by atomic mass is 9.92. The number of hydrogen-bond acceptors (Lipinski definition) is 3. The van der Waals surface area contributed by atoms with Gasteiger partial charge in [0, 0.05) is 23.9 Å². The Hall–Kier alpha value is -3.67. The fraction of sp³-hybridized carbons (Fsp3) is 0.259. The number of amides is 1. The number of aryl methyl sites for hydroxylation is 2. The molecule has 1 unspecified atom stereocenters. The van der Waals surface area contributed by atoms with Gasteiger partial charge in [-0.3, -0.25) is 4.79 Å². The minimum Gasteiger partial charge on any atom is -0.481 e. The van der Waals surface area contributed by atoms with Gasteiger partial charge in [-0.1, -0.05) is 41.5 Å². The van der Waals surface area contributed by atoms with Crippen LogP contribution in [0.5, 0.6) is 5.88 Å². The lowest BCUT2D eigenvalue weighted by molar-refractivity contribution is -0.132. The van der Waals surface area contributed by atoms with E-state index in [9.17, 15) is 9.18 Å². The van der Waals surface area contributed by atoms with Gasteiger partial charge in [-0.25, -0.2) is 9.37 Å². The van der Waals surface area contributed by atoms with Crippen molar-refractivity contribution in [3.05, 3.63) is 93.9 Å². The average Bonchev–Trinajstić information content (AvgIpc) is 3.15. The summed E-state index contributed by atoms with van der Waals surface area (Å²) in [6.45, 7) is 4.61. The molecule has 0 bridgehead atoms. The van der Waals surface area contributed by atoms with Crippen LogP contribution in [-0.4, -0.2) is 34.4 Å². The van der Waals surface area contributed by atoms with E-state index in [0.29, 0.717) is 25.3 Å². The van der Waals surface area contributed by atoms with Crippen molar-refractivity contribution in [3.8, 4) is 5.88 Å². The molecule has 5 rings (SSSR count). The van der Waals surface area contributed by atoms with Crippen LogP contribution in [0.3, 0.4) is 0 Å². The molecule has 1 aliphatic heterocycles. The molecule has 5 nitrogen and oxygen atoms in total. The summed E-state index contributed by atoms with van der Waals surface area (Å²) in [4.78, 5) is 23.5. The third-order valence-corrected chi connectivity index (χ3v) is 6.27. The third kappa shape index (κ3) is 3.97. The van der Waals surface area contributed by atoms with Crippen molar-refractivity contribution in [2.45, 2.75) is 32.7 Å². The van der Waals surface area contributed by atoms with E-state index < -0.39 is 6.04 Å². The maximum absolute atomic E-state index is 14.2. The van der Waals surface area contributed by atoms with Crippen molar-refractivity contribution in [2.24, 2.45) is 0 Å². The average molecular weight is 444 g/mol. The summed E-state index contributed by atoms with van der Waals surface area (Å²) >= 11 is 0. The number of rotatable bonds is 4. The van der Waals surface area contributed by atoms with Gasteiger partial charge in [0.25, 0.3) is 0 Å². The number of methoxy groups -OCH3 is 1. The quantitative estimate of drug-likeness (QED) is 0.481. The number of benzene rings is 2. The van der Waals surface area contributed by atoms with Crippen LogP contribution in [0.4, 0.5) is 4.39 Å². The minimum absolute atomic E-state index is 0.0177. The van der Waals surface area contributed by atoms with Gasteiger partial charge in [0.1, 0.15) is 5.82 Å². The number of carbonyl (C=O) groups is 1. The molecule has 2 aromatic carbocycles. The molecule has 0 saturated carbocycles. The second-order valence-electron chi connectivity index (χ2n) is 8.73. The van der Waals surface area contributed by atoms with E-state index in [4.69, 9.17) is 4.74 Å². The Bertz CT molecular complexity index is 1340. The van der Waals surface area contributed by atoms with Crippen LogP contribution >= 0.6 is 0 Å². The third-order valence-electron chi connectivity index (χ3n) is 6.27. The molecule has 1 amide bonds. The standard InChI is InChI=1S/C27H26FN3O2/c1-16-11-17(2)13-18(12-16)14-24(32)31-10-9-21-25-22(7-8-23(30-25)33-3)29-26(21)27(31)19-5-4-6-20(28)15-19/h4-8,11-13,15,27,29H,9-10,14H2,1-3H3. The Labute approximate surface area is 192 Å². The summed E-state index contributed by atoms with van der Waals surface area (Å²) in [6.07, 6.45) is 0.968. The highest BCUT2D eigenvalue weighted by Gasteiger charge is 2.35. The van der Waals surface area contributed by atoms with Crippen molar-refractivity contribution in [1.29, 1.82) is 0 Å². The molecule has 1 atom stereocenters. The zero-order valence-electron chi connectivity index (χ0n) is 19.0. The number of nitrogens with zero attached hydrogens (tertiary/aromatic N) is 2. The van der Waals surface area contributed by atoms with Gasteiger partial charge in [0.15, 0.2) is 0 Å². The van der Waals surface area contributed by atoms with Crippen LogP contribution in [0.15, 0.2) is 54.6 Å². The number of halogens is 1. The number of pyridine rings is 1. The molecule has 0 spiro atoms. The van der Waals surface area contributed by atoms with Crippen molar-refractivity contribution in [2.75, 3.05) is 13.7 Å². The predicted octanol–water partition coefficient (Wildman–Crippen LogP) is 5.04. The molecule has 2 aromatic heterocycles. The van der Waals surface area contributed by atoms with Gasteiger partial charge in [-0.05, 0) is 49.6 Å². The lowest BCUT2D eigenvalue weighted by Crippen LogP contribution is -2.41. The first kappa shape index (κ1) is 21.2. The molecule has 33 heavy (non-hydrogen) atoms. The number of ether oxygens (including phenoxy) is 1. The van der Waals surface area contributed by atoms with Gasteiger partial charge in [-0.2, -0.15) is 0 Å². The van der Waals surface area contributed by atoms with Crippen LogP contribution in [0.1, 0.15) is 39.6 Å². The van der Waals surface area contributed by atoms with Crippen molar-refractivity contribution < 1.29 is 13.9 Å². The molecule has 0 fully saturated rings. The maximum atomic E-state index is 14.2. The van der Waals surface area contributed by atoms with Crippen LogP contribution in [0.2, 0.25) is 0 Å². The first-order valence-corrected chi connectivity index (χ1v) is 11.1. The van der Waals surface area contributed by atoms with E-state index in [2.05, 4.69) is 28.2 Å². The largest absolute Gasteiger partial charge is 0.481 e. The number of aromatic nitrogens is 2. The summed E-state index contributed by atoms with van der Waals surface area (Å²) in [5, 5.41) is 0. The Kier molecular flexibility index (Phi) is 5.36. The van der Waals surface area contributed by atoms with Gasteiger partial charge >= 0.3 is 0 Å². The number of fused-ring (bicyclic) bond motifs is 3. The van der Waals surface area contributed by atoms with E-state index in [-0.39, 0.29) is 11.7 Å². The van der Waals surface area contributed by atoms with E-state index >= 15 is 0 Å². The molecule has 0 saturated heterocycles. The molecule has 3 heterocycles. The fourth-order valence-corrected chi connectivity index (χ4v) is 4.98. The summed E-state index contributed by atoms with van der Waals surface area (Å²) in [5.74, 6) is 0.237. The molecule has 168 valence electrons. The molecule has 4 aromatic rings. The molecular weight excluding hydrogens is 417 g/mol. The summed E-state index contributed by atoms with van der Waals surface area (Å²) < 4.78 is 19.5. The van der Waals surface area contributed by atoms with Gasteiger partial charge in [0.05, 0.1) is 30.6 Å². The maximum Gasteiger partial charge on any atom is 0.227 e. The fourth-order valence-electron chi connectivity index (χ4n) is 4.98. The zero-order valence-corrected chi connectivity index (χ0v) is 19.0. The Morgan fingerprint density at radius 1 is 1.15 bits per heavy atom. The van der Waals surface area contributed by atoms with Gasteiger partial charge in [0.2, 0.25) is 11.8 Å². The highest BCUT2D eigenvalue weighted by Crippen LogP contribution is 2.38. The monoisotopic (exact) mass is 443 g/mol. The first-order chi connectivity index (χ1) is 15.9. The lowest BCUT2D eigenvalue weighted by Gasteiger charge is -2.36. The number of nitrogens with one attached hydrogen (secondary N) is 1. The Morgan fingerprint density at radius 3 is 2.67 bits per heavy atom. The van der Waals surface area contributed by atoms with Crippen molar-refractivity contribution >= 4 is 16.9 Å². The molecule has 0 aliphatic carbocycles. The van der Waals surface area contributed by atoms with Crippen LogP contribution in [0, 0.1) is 19.7 Å². The molecule has 6 heteroatoms. The second-order valence-corrected chi connectivity index (χ2v) is 8.73. The number of aromatic amines is 1. The van der Waals surface area contributed by atoms with Gasteiger partial charge < -0.3 is 14.6 Å². The zero-order chi connectivity index (χ0) is 23.1. The second kappa shape index (κ2) is 8.35. The number of hydrogen-bond donors (Lipinski definition) is 1. The van der Waals surface area contributed by atoms with E-state index in [1.165, 1.54) is 12.1 Å². The Balaban J connectivity index is 1.59. The van der Waals surface area contributed by atoms with Crippen LogP contribution < -0.4 is 4.74 Å². The van der Waals surface area contributed by atoms with Crippen LogP contribution in [0.25, 0.3) is 11.0 Å². The predicted molar refractivity (Wildman–Crippen MR) is 126 cm³/mol. The summed E-state index contributed by atoms with van der Waals surface area (Å²) in [5.41, 5.74) is 7.66. The molecule has 1 N–H and O–H groups in total. The first-order valence-electron chi connectivity index (χ1n) is 11.1. The van der Waals surface area contributed by atoms with E-state index in [1.807, 2.05) is 36.9 Å². The molecule has 1 aliphatic rings. The summed E-state index contributed by atoms with van der Waals surface area (Å²) in [6, 6.07) is 16.0. The highest BCUT2D eigenvalue weighted by molar-refractivity contribution is 5.84. The van der Waals surface area contributed by atoms with Crippen molar-refractivity contribution in [3.63, 3.8) is 0 Å². The smallest absolute Gasteiger partial charge is 0.227 e. The van der Waals surface area contributed by atoms with Gasteiger partial charge in [-0.15, -0.1) is 0 Å². The van der Waals surface area contributed by atoms with Crippen molar-refractivity contribution in [1.82, 2.24) is 14.9 Å². The molecule has 0 radical (unpaired) electrons. The van der Waals surface area contributed by atoms with Crippen LogP contribution in [-0.2, 0) is 17.6 Å². The minimum atomic E-state index is -0.414. The number of H-pyrrole nitrogens is 1. The highest BCUT2D eigenvalue weighted by atomic mass is 19.1. The number of carbonyl (C=O) groups excluding carboxylic acids is 1. The van der Waals surface area contributed by atoms with E-state index in [1.54, 1.807) is 13.2 Å². The van der Waals surface area contributed by atoms with E-state index in [0.717, 1.165) is 44.5 Å². The Morgan fingerprint density at radius 2 is 1.94 bits per heavy atom.